The Morgan fingerprint density at radius 1 is 1.21 bits per heavy atom. The molecule has 0 spiro atoms. The van der Waals surface area contributed by atoms with Crippen LogP contribution in [0.1, 0.15) is 42.1 Å². The Morgan fingerprint density at radius 3 is 2.82 bits per heavy atom. The summed E-state index contributed by atoms with van der Waals surface area (Å²) in [6.07, 6.45) is 7.39. The molecule has 0 bridgehead atoms. The van der Waals surface area contributed by atoms with Gasteiger partial charge in [0.05, 0.1) is 23.9 Å². The molecule has 33 heavy (non-hydrogen) atoms. The number of anilines is 1. The number of aromatic nitrogens is 2. The second-order valence-electron chi connectivity index (χ2n) is 8.63. The van der Waals surface area contributed by atoms with Crippen LogP contribution >= 0.6 is 0 Å². The molecule has 0 aliphatic carbocycles. The molecule has 0 radical (unpaired) electrons. The molecule has 1 saturated heterocycles. The van der Waals surface area contributed by atoms with E-state index in [0.717, 1.165) is 50.0 Å². The average Bonchev–Trinajstić information content (AvgIpc) is 3.31. The van der Waals surface area contributed by atoms with Gasteiger partial charge in [0.25, 0.3) is 0 Å². The summed E-state index contributed by atoms with van der Waals surface area (Å²) < 4.78 is 2.09. The maximum atomic E-state index is 12.9. The zero-order chi connectivity index (χ0) is 23.0. The van der Waals surface area contributed by atoms with E-state index in [4.69, 9.17) is 5.26 Å². The third kappa shape index (κ3) is 5.61. The number of hydrogen-bond donors (Lipinski definition) is 1. The predicted octanol–water partition coefficient (Wildman–Crippen LogP) is 3.94. The van der Waals surface area contributed by atoms with Crippen molar-refractivity contribution >= 4 is 11.6 Å². The monoisotopic (exact) mass is 441 g/mol. The first-order valence-corrected chi connectivity index (χ1v) is 11.8. The fraction of sp³-hybridized carbons (Fsp3) is 0.370. The topological polar surface area (TPSA) is 74.0 Å². The Labute approximate surface area is 195 Å². The van der Waals surface area contributed by atoms with Gasteiger partial charge in [-0.3, -0.25) is 4.79 Å². The first-order chi connectivity index (χ1) is 16.2. The molecular formula is C27H31N5O. The van der Waals surface area contributed by atoms with E-state index >= 15 is 0 Å². The van der Waals surface area contributed by atoms with Crippen LogP contribution in [0.3, 0.4) is 0 Å². The third-order valence-electron chi connectivity index (χ3n) is 6.42. The van der Waals surface area contributed by atoms with E-state index in [1.165, 1.54) is 11.3 Å². The van der Waals surface area contributed by atoms with Crippen LogP contribution in [0.25, 0.3) is 0 Å². The Bertz CT molecular complexity index is 1110. The van der Waals surface area contributed by atoms with Crippen molar-refractivity contribution in [1.82, 2.24) is 14.9 Å². The Kier molecular flexibility index (Phi) is 7.41. The molecule has 0 unspecified atom stereocenters. The summed E-state index contributed by atoms with van der Waals surface area (Å²) in [6.45, 7) is 5.26. The highest BCUT2D eigenvalue weighted by Crippen LogP contribution is 2.27. The normalized spacial score (nSPS) is 15.8. The maximum Gasteiger partial charge on any atom is 0.224 e. The smallest absolute Gasteiger partial charge is 0.224 e. The van der Waals surface area contributed by atoms with E-state index in [0.29, 0.717) is 18.7 Å². The summed E-state index contributed by atoms with van der Waals surface area (Å²) in [4.78, 5) is 19.6. The van der Waals surface area contributed by atoms with E-state index in [1.54, 1.807) is 0 Å². The zero-order valence-electron chi connectivity index (χ0n) is 19.2. The van der Waals surface area contributed by atoms with Gasteiger partial charge in [0, 0.05) is 50.2 Å². The van der Waals surface area contributed by atoms with Crippen molar-refractivity contribution in [2.24, 2.45) is 5.92 Å². The number of nitrogens with zero attached hydrogens (tertiary/aromatic N) is 4. The highest BCUT2D eigenvalue weighted by molar-refractivity contribution is 5.79. The second kappa shape index (κ2) is 10.8. The minimum atomic E-state index is 0.0206. The number of aryl methyl sites for hydroxylation is 1. The Morgan fingerprint density at radius 2 is 2.03 bits per heavy atom. The van der Waals surface area contributed by atoms with Gasteiger partial charge < -0.3 is 14.8 Å². The summed E-state index contributed by atoms with van der Waals surface area (Å²) in [5.74, 6) is 0.166. The van der Waals surface area contributed by atoms with Crippen LogP contribution in [0.4, 0.5) is 5.69 Å². The molecule has 170 valence electrons. The molecule has 2 aromatic carbocycles. The van der Waals surface area contributed by atoms with Crippen molar-refractivity contribution in [3.8, 4) is 6.07 Å². The van der Waals surface area contributed by atoms with Gasteiger partial charge >= 0.3 is 0 Å². The molecule has 1 aliphatic heterocycles. The summed E-state index contributed by atoms with van der Waals surface area (Å²) >= 11 is 0. The molecular weight excluding hydrogens is 410 g/mol. The fourth-order valence-corrected chi connectivity index (χ4v) is 4.57. The van der Waals surface area contributed by atoms with Gasteiger partial charge in [-0.1, -0.05) is 37.3 Å². The molecule has 6 nitrogen and oxygen atoms in total. The van der Waals surface area contributed by atoms with Crippen LogP contribution in [0.5, 0.6) is 0 Å². The average molecular weight is 442 g/mol. The van der Waals surface area contributed by atoms with Crippen LogP contribution in [0.15, 0.2) is 61.1 Å². The van der Waals surface area contributed by atoms with Crippen LogP contribution in [0.2, 0.25) is 0 Å². The van der Waals surface area contributed by atoms with Gasteiger partial charge in [-0.2, -0.15) is 5.26 Å². The molecule has 1 aromatic heterocycles. The molecule has 2 heterocycles. The van der Waals surface area contributed by atoms with Crippen LogP contribution in [-0.2, 0) is 24.2 Å². The van der Waals surface area contributed by atoms with Gasteiger partial charge in [0.15, 0.2) is 0 Å². The number of carbonyl (C=O) groups is 1. The molecule has 6 heteroatoms. The van der Waals surface area contributed by atoms with Crippen LogP contribution in [0, 0.1) is 17.2 Å². The highest BCUT2D eigenvalue weighted by atomic mass is 16.1. The van der Waals surface area contributed by atoms with Crippen molar-refractivity contribution in [2.45, 2.75) is 39.2 Å². The highest BCUT2D eigenvalue weighted by Gasteiger charge is 2.26. The number of rotatable bonds is 8. The number of amides is 1. The Balaban J connectivity index is 1.30. The van der Waals surface area contributed by atoms with E-state index in [1.807, 2.05) is 36.8 Å². The lowest BCUT2D eigenvalue weighted by molar-refractivity contribution is -0.125. The molecule has 1 amide bonds. The quantitative estimate of drug-likeness (QED) is 0.575. The van der Waals surface area contributed by atoms with Crippen LogP contribution < -0.4 is 10.2 Å². The van der Waals surface area contributed by atoms with Gasteiger partial charge in [-0.25, -0.2) is 4.98 Å². The lowest BCUT2D eigenvalue weighted by Gasteiger charge is -2.35. The van der Waals surface area contributed by atoms with Gasteiger partial charge in [0.2, 0.25) is 5.91 Å². The number of benzene rings is 2. The number of piperidine rings is 1. The van der Waals surface area contributed by atoms with Gasteiger partial charge in [-0.05, 0) is 48.6 Å². The zero-order valence-corrected chi connectivity index (χ0v) is 19.2. The van der Waals surface area contributed by atoms with Crippen molar-refractivity contribution in [3.63, 3.8) is 0 Å². The van der Waals surface area contributed by atoms with E-state index < -0.39 is 0 Å². The summed E-state index contributed by atoms with van der Waals surface area (Å²) in [6, 6.07) is 18.3. The van der Waals surface area contributed by atoms with Crippen LogP contribution in [-0.4, -0.2) is 35.1 Å². The molecule has 1 atom stereocenters. The summed E-state index contributed by atoms with van der Waals surface area (Å²) in [5, 5.41) is 12.1. The maximum absolute atomic E-state index is 12.9. The summed E-state index contributed by atoms with van der Waals surface area (Å²) in [7, 11) is 0. The number of imidazole rings is 1. The number of hydrogen-bond acceptors (Lipinski definition) is 4. The van der Waals surface area contributed by atoms with Crippen molar-refractivity contribution in [1.29, 1.82) is 5.26 Å². The molecule has 4 rings (SSSR count). The van der Waals surface area contributed by atoms with E-state index in [2.05, 4.69) is 57.0 Å². The molecule has 1 N–H and O–H groups in total. The largest absolute Gasteiger partial charge is 0.371 e. The number of nitriles is 1. The van der Waals surface area contributed by atoms with Crippen molar-refractivity contribution in [2.75, 3.05) is 24.5 Å². The minimum Gasteiger partial charge on any atom is -0.371 e. The first-order valence-electron chi connectivity index (χ1n) is 11.8. The number of nitrogens with one attached hydrogen (secondary N) is 1. The second-order valence-corrected chi connectivity index (χ2v) is 8.63. The standard InChI is InChI=1S/C27H31N5O/c1-2-23-6-3-4-8-26(23)31-15-5-7-24(19-31)27(33)30-14-13-25-17-29-20-32(25)18-22-11-9-21(16-28)10-12-22/h3-4,6,8-12,17,20,24H,2,5,7,13-15,18-19H2,1H3,(H,30,33)/t24-/m1/s1. The first kappa shape index (κ1) is 22.6. The van der Waals surface area contributed by atoms with E-state index in [9.17, 15) is 4.79 Å². The van der Waals surface area contributed by atoms with Crippen molar-refractivity contribution < 1.29 is 4.79 Å². The predicted molar refractivity (Wildman–Crippen MR) is 130 cm³/mol. The molecule has 0 saturated carbocycles. The minimum absolute atomic E-state index is 0.0206. The fourth-order valence-electron chi connectivity index (χ4n) is 4.57. The molecule has 1 fully saturated rings. The summed E-state index contributed by atoms with van der Waals surface area (Å²) in [5.41, 5.74) is 5.47. The Hall–Kier alpha value is -3.59. The van der Waals surface area contributed by atoms with Crippen molar-refractivity contribution in [3.05, 3.63) is 83.4 Å². The lowest BCUT2D eigenvalue weighted by Crippen LogP contribution is -2.43. The molecule has 1 aliphatic rings. The number of carbonyl (C=O) groups excluding carboxylic acids is 1. The van der Waals surface area contributed by atoms with E-state index in [-0.39, 0.29) is 11.8 Å². The molecule has 3 aromatic rings. The lowest BCUT2D eigenvalue weighted by atomic mass is 9.95. The van der Waals surface area contributed by atoms with Gasteiger partial charge in [-0.15, -0.1) is 0 Å². The van der Waals surface area contributed by atoms with Gasteiger partial charge in [0.1, 0.15) is 0 Å². The SMILES string of the molecule is CCc1ccccc1N1CCC[C@@H](C(=O)NCCc2cncn2Cc2ccc(C#N)cc2)C1. The number of para-hydroxylation sites is 1. The third-order valence-corrected chi connectivity index (χ3v) is 6.42.